The van der Waals surface area contributed by atoms with Crippen molar-refractivity contribution in [3.05, 3.63) is 12.2 Å². The van der Waals surface area contributed by atoms with Crippen LogP contribution in [0.4, 0.5) is 0 Å². The predicted octanol–water partition coefficient (Wildman–Crippen LogP) is 0.122. The molecule has 0 aromatic carbocycles. The lowest BCUT2D eigenvalue weighted by Crippen LogP contribution is -2.26. The normalized spacial score (nSPS) is 23.9. The quantitative estimate of drug-likeness (QED) is 0.344. The lowest BCUT2D eigenvalue weighted by molar-refractivity contribution is 0.361. The Hall–Kier alpha value is -0.340. The third-order valence-electron chi connectivity index (χ3n) is 1.18. The van der Waals surface area contributed by atoms with E-state index in [4.69, 9.17) is 5.84 Å². The highest BCUT2D eigenvalue weighted by Crippen LogP contribution is 2.07. The lowest BCUT2D eigenvalue weighted by Gasteiger charge is -2.01. The molecular weight excluding hydrogens is 88.1 g/mol. The molecule has 2 heteroatoms. The van der Waals surface area contributed by atoms with Gasteiger partial charge in [0.25, 0.3) is 0 Å². The molecule has 2 nitrogen and oxygen atoms in total. The molecule has 40 valence electrons. The summed E-state index contributed by atoms with van der Waals surface area (Å²) in [6, 6.07) is 0. The molecule has 2 N–H and O–H groups in total. The van der Waals surface area contributed by atoms with Gasteiger partial charge in [-0.3, -0.25) is 5.84 Å². The van der Waals surface area contributed by atoms with Gasteiger partial charge in [-0.2, -0.15) is 0 Å². The third-order valence-corrected chi connectivity index (χ3v) is 1.18. The first-order valence-corrected chi connectivity index (χ1v) is 2.45. The van der Waals surface area contributed by atoms with Gasteiger partial charge in [0.05, 0.1) is 0 Å². The van der Waals surface area contributed by atoms with Crippen LogP contribution >= 0.6 is 0 Å². The van der Waals surface area contributed by atoms with Crippen molar-refractivity contribution < 1.29 is 0 Å². The van der Waals surface area contributed by atoms with Gasteiger partial charge in [0.15, 0.2) is 0 Å². The Morgan fingerprint density at radius 2 is 2.43 bits per heavy atom. The zero-order chi connectivity index (χ0) is 5.28. The van der Waals surface area contributed by atoms with Crippen LogP contribution in [0.1, 0.15) is 6.42 Å². The summed E-state index contributed by atoms with van der Waals surface area (Å²) in [5.41, 5.74) is 1.25. The maximum absolute atomic E-state index is 5.40. The summed E-state index contributed by atoms with van der Waals surface area (Å²) in [5, 5.41) is 1.78. The van der Waals surface area contributed by atoms with Gasteiger partial charge in [0.2, 0.25) is 0 Å². The molecule has 7 heavy (non-hydrogen) atoms. The van der Waals surface area contributed by atoms with Crippen molar-refractivity contribution in [2.75, 3.05) is 13.1 Å². The Morgan fingerprint density at radius 3 is 2.57 bits per heavy atom. The smallest absolute Gasteiger partial charge is 0.0336 e. The van der Waals surface area contributed by atoms with E-state index in [1.165, 1.54) is 5.57 Å². The summed E-state index contributed by atoms with van der Waals surface area (Å²) >= 11 is 0. The Morgan fingerprint density at radius 1 is 1.71 bits per heavy atom. The molecule has 1 rings (SSSR count). The molecule has 0 radical (unpaired) electrons. The van der Waals surface area contributed by atoms with Crippen molar-refractivity contribution in [2.45, 2.75) is 6.42 Å². The second-order valence-electron chi connectivity index (χ2n) is 1.97. The summed E-state index contributed by atoms with van der Waals surface area (Å²) in [5.74, 6) is 5.40. The Kier molecular flexibility index (Phi) is 1.13. The molecule has 0 unspecified atom stereocenters. The van der Waals surface area contributed by atoms with Crippen LogP contribution in [0.25, 0.3) is 0 Å². The van der Waals surface area contributed by atoms with Crippen molar-refractivity contribution in [2.24, 2.45) is 5.84 Å². The first-order valence-electron chi connectivity index (χ1n) is 2.45. The highest BCUT2D eigenvalue weighted by Gasteiger charge is 2.08. The van der Waals surface area contributed by atoms with Gasteiger partial charge in [-0.25, -0.2) is 5.01 Å². The van der Waals surface area contributed by atoms with E-state index in [0.717, 1.165) is 19.5 Å². The summed E-state index contributed by atoms with van der Waals surface area (Å²) in [6.45, 7) is 5.66. The minimum atomic E-state index is 0.889. The molecule has 1 fully saturated rings. The fraction of sp³-hybridized carbons (Fsp3) is 0.600. The summed E-state index contributed by atoms with van der Waals surface area (Å²) in [6.07, 6.45) is 1.08. The number of hydrogen-bond donors (Lipinski definition) is 1. The van der Waals surface area contributed by atoms with E-state index in [9.17, 15) is 0 Å². The minimum absolute atomic E-state index is 0.889. The Balaban J connectivity index is 2.40. The number of hydrazine groups is 1. The molecule has 0 amide bonds. The van der Waals surface area contributed by atoms with Crippen molar-refractivity contribution in [1.29, 1.82) is 0 Å². The molecule has 0 aromatic heterocycles. The van der Waals surface area contributed by atoms with E-state index in [1.807, 2.05) is 0 Å². The summed E-state index contributed by atoms with van der Waals surface area (Å²) < 4.78 is 0. The second kappa shape index (κ2) is 1.64. The van der Waals surface area contributed by atoms with Crippen LogP contribution < -0.4 is 5.84 Å². The summed E-state index contributed by atoms with van der Waals surface area (Å²) in [4.78, 5) is 0. The van der Waals surface area contributed by atoms with Crippen LogP contribution in [-0.4, -0.2) is 18.1 Å². The van der Waals surface area contributed by atoms with E-state index in [-0.39, 0.29) is 0 Å². The SMILES string of the molecule is C=C1CCN(N)C1. The van der Waals surface area contributed by atoms with Crippen molar-refractivity contribution in [3.63, 3.8) is 0 Å². The molecule has 0 bridgehead atoms. The largest absolute Gasteiger partial charge is 0.268 e. The lowest BCUT2D eigenvalue weighted by atomic mass is 10.3. The Labute approximate surface area is 43.6 Å². The zero-order valence-corrected chi connectivity index (χ0v) is 4.35. The molecule has 0 spiro atoms. The number of nitrogens with two attached hydrogens (primary N) is 1. The van der Waals surface area contributed by atoms with Gasteiger partial charge in [-0.15, -0.1) is 0 Å². The van der Waals surface area contributed by atoms with E-state index in [0.29, 0.717) is 0 Å². The minimum Gasteiger partial charge on any atom is -0.268 e. The van der Waals surface area contributed by atoms with E-state index >= 15 is 0 Å². The first-order chi connectivity index (χ1) is 3.29. The van der Waals surface area contributed by atoms with Crippen LogP contribution in [0.3, 0.4) is 0 Å². The van der Waals surface area contributed by atoms with Crippen molar-refractivity contribution in [1.82, 2.24) is 5.01 Å². The molecule has 0 atom stereocenters. The average molecular weight is 98.1 g/mol. The van der Waals surface area contributed by atoms with Crippen molar-refractivity contribution >= 4 is 0 Å². The molecule has 1 heterocycles. The van der Waals surface area contributed by atoms with Crippen LogP contribution in [0.5, 0.6) is 0 Å². The van der Waals surface area contributed by atoms with Crippen LogP contribution in [0.15, 0.2) is 12.2 Å². The molecule has 0 saturated carbocycles. The zero-order valence-electron chi connectivity index (χ0n) is 4.35. The topological polar surface area (TPSA) is 29.3 Å². The van der Waals surface area contributed by atoms with E-state index in [2.05, 4.69) is 6.58 Å². The fourth-order valence-electron chi connectivity index (χ4n) is 0.747. The second-order valence-corrected chi connectivity index (χ2v) is 1.97. The highest BCUT2D eigenvalue weighted by atomic mass is 15.4. The predicted molar refractivity (Wildman–Crippen MR) is 29.5 cm³/mol. The molecular formula is C5H10N2. The molecule has 1 saturated heterocycles. The van der Waals surface area contributed by atoms with E-state index < -0.39 is 0 Å². The van der Waals surface area contributed by atoms with Gasteiger partial charge >= 0.3 is 0 Å². The van der Waals surface area contributed by atoms with Gasteiger partial charge in [-0.05, 0) is 6.42 Å². The molecule has 1 aliphatic heterocycles. The maximum Gasteiger partial charge on any atom is 0.0336 e. The van der Waals surface area contributed by atoms with Crippen molar-refractivity contribution in [3.8, 4) is 0 Å². The van der Waals surface area contributed by atoms with Crippen LogP contribution in [0.2, 0.25) is 0 Å². The standard InChI is InChI=1S/C5H10N2/c1-5-2-3-7(6)4-5/h1-4,6H2. The maximum atomic E-state index is 5.40. The number of hydrogen-bond acceptors (Lipinski definition) is 2. The van der Waals surface area contributed by atoms with Gasteiger partial charge in [0, 0.05) is 13.1 Å². The molecule has 0 aliphatic carbocycles. The molecule has 1 aliphatic rings. The van der Waals surface area contributed by atoms with Gasteiger partial charge in [-0.1, -0.05) is 12.2 Å². The third kappa shape index (κ3) is 1.01. The van der Waals surface area contributed by atoms with Gasteiger partial charge < -0.3 is 0 Å². The summed E-state index contributed by atoms with van der Waals surface area (Å²) in [7, 11) is 0. The number of nitrogens with zero attached hydrogens (tertiary/aromatic N) is 1. The Bertz CT molecular complexity index is 88.1. The average Bonchev–Trinajstić information content (AvgIpc) is 1.87. The number of rotatable bonds is 0. The fourth-order valence-corrected chi connectivity index (χ4v) is 0.747. The van der Waals surface area contributed by atoms with Crippen LogP contribution in [0, 0.1) is 0 Å². The molecule has 0 aromatic rings. The van der Waals surface area contributed by atoms with E-state index in [1.54, 1.807) is 5.01 Å². The van der Waals surface area contributed by atoms with Gasteiger partial charge in [0.1, 0.15) is 0 Å². The monoisotopic (exact) mass is 98.1 g/mol. The first kappa shape index (κ1) is 4.81. The van der Waals surface area contributed by atoms with Crippen LogP contribution in [-0.2, 0) is 0 Å². The highest BCUT2D eigenvalue weighted by molar-refractivity contribution is 5.01.